The number of aromatic nitrogens is 3. The zero-order valence-corrected chi connectivity index (χ0v) is 21.0. The Morgan fingerprint density at radius 3 is 2.40 bits per heavy atom. The number of amides is 1. The minimum atomic E-state index is -4.86. The van der Waals surface area contributed by atoms with E-state index >= 15 is 0 Å². The Bertz CT molecular complexity index is 1660. The van der Waals surface area contributed by atoms with Gasteiger partial charge in [0.25, 0.3) is 5.91 Å². The van der Waals surface area contributed by atoms with Gasteiger partial charge >= 0.3 is 6.36 Å². The van der Waals surface area contributed by atoms with Crippen LogP contribution in [0.1, 0.15) is 29.3 Å². The van der Waals surface area contributed by atoms with Gasteiger partial charge in [-0.2, -0.15) is 4.98 Å². The van der Waals surface area contributed by atoms with Gasteiger partial charge < -0.3 is 26.1 Å². The summed E-state index contributed by atoms with van der Waals surface area (Å²) in [5.41, 5.74) is 11.8. The number of nitrogens with two attached hydrogens (primary N) is 2. The Morgan fingerprint density at radius 2 is 1.80 bits per heavy atom. The summed E-state index contributed by atoms with van der Waals surface area (Å²) < 4.78 is 42.9. The number of carbonyl (C=O) groups excluding carboxylic acids is 1. The van der Waals surface area contributed by atoms with Crippen molar-refractivity contribution in [2.24, 2.45) is 16.5 Å². The van der Waals surface area contributed by atoms with Crippen molar-refractivity contribution in [3.63, 3.8) is 0 Å². The predicted octanol–water partition coefficient (Wildman–Crippen LogP) is 3.81. The minimum Gasteiger partial charge on any atom is -0.406 e. The van der Waals surface area contributed by atoms with Crippen molar-refractivity contribution in [1.29, 1.82) is 5.41 Å². The number of amidine groups is 2. The van der Waals surface area contributed by atoms with Gasteiger partial charge in [-0.25, -0.2) is 9.98 Å². The molecule has 0 atom stereocenters. The van der Waals surface area contributed by atoms with Crippen molar-refractivity contribution in [2.75, 3.05) is 5.32 Å². The largest absolute Gasteiger partial charge is 0.573 e. The Labute approximate surface area is 224 Å². The van der Waals surface area contributed by atoms with E-state index in [0.717, 1.165) is 17.7 Å². The molecule has 0 aliphatic rings. The fraction of sp³-hybridized carbons (Fsp3) is 0.154. The third kappa shape index (κ3) is 6.78. The first-order valence-electron chi connectivity index (χ1n) is 11.7. The Hall–Kier alpha value is -5.27. The second kappa shape index (κ2) is 11.2. The van der Waals surface area contributed by atoms with Crippen molar-refractivity contribution in [3.8, 4) is 11.4 Å². The second-order valence-electron chi connectivity index (χ2n) is 8.60. The minimum absolute atomic E-state index is 0.0226. The van der Waals surface area contributed by atoms with Crippen molar-refractivity contribution in [2.45, 2.75) is 26.1 Å². The number of nitrogens with zero attached hydrogens (tertiary/aromatic N) is 4. The first kappa shape index (κ1) is 27.8. The molecule has 0 fully saturated rings. The van der Waals surface area contributed by atoms with E-state index in [1.165, 1.54) is 29.1 Å². The van der Waals surface area contributed by atoms with Gasteiger partial charge in [-0.3, -0.25) is 15.0 Å². The highest BCUT2D eigenvalue weighted by atomic mass is 19.4. The number of carbonyl (C=O) groups is 1. The second-order valence-corrected chi connectivity index (χ2v) is 8.60. The molecule has 0 aliphatic carbocycles. The van der Waals surface area contributed by atoms with Gasteiger partial charge in [0.2, 0.25) is 11.4 Å². The van der Waals surface area contributed by atoms with Crippen LogP contribution >= 0.6 is 0 Å². The number of anilines is 2. The fourth-order valence-electron chi connectivity index (χ4n) is 3.77. The summed E-state index contributed by atoms with van der Waals surface area (Å²) in [7, 11) is 0. The van der Waals surface area contributed by atoms with Gasteiger partial charge in [-0.1, -0.05) is 12.1 Å². The van der Waals surface area contributed by atoms with Crippen LogP contribution in [0.5, 0.6) is 5.75 Å². The number of primary amides is 1. The molecule has 2 heterocycles. The first-order chi connectivity index (χ1) is 18.9. The molecule has 11 nitrogen and oxygen atoms in total. The summed E-state index contributed by atoms with van der Waals surface area (Å²) in [6, 6.07) is 12.1. The maximum Gasteiger partial charge on any atom is 0.573 e. The maximum absolute atomic E-state index is 12.9. The molecular weight excluding hydrogens is 529 g/mol. The number of alkyl halides is 3. The molecule has 0 saturated carbocycles. The third-order valence-corrected chi connectivity index (χ3v) is 5.53. The number of aryl methyl sites for hydroxylation is 1. The highest BCUT2D eigenvalue weighted by Gasteiger charge is 2.31. The smallest absolute Gasteiger partial charge is 0.406 e. The molecule has 0 spiro atoms. The summed E-state index contributed by atoms with van der Waals surface area (Å²) >= 11 is 0. The van der Waals surface area contributed by atoms with Crippen LogP contribution in [0.4, 0.5) is 24.8 Å². The quantitative estimate of drug-likeness (QED) is 0.190. The number of aliphatic imine (C=N–C) groups is 1. The van der Waals surface area contributed by atoms with Crippen molar-refractivity contribution in [1.82, 2.24) is 14.5 Å². The van der Waals surface area contributed by atoms with Gasteiger partial charge in [0.1, 0.15) is 17.1 Å². The summed E-state index contributed by atoms with van der Waals surface area (Å²) in [5.74, 6) is -0.813. The number of hydrogen-bond acceptors (Lipinski definition) is 7. The molecule has 4 aromatic rings. The number of ether oxygens (including phenoxy) is 1. The number of rotatable bonds is 8. The van der Waals surface area contributed by atoms with E-state index in [4.69, 9.17) is 16.9 Å². The number of benzene rings is 2. The third-order valence-electron chi connectivity index (χ3n) is 5.53. The summed E-state index contributed by atoms with van der Waals surface area (Å²) in [5, 5.41) is 10.8. The molecule has 206 valence electrons. The Morgan fingerprint density at radius 1 is 1.12 bits per heavy atom. The molecule has 2 aromatic heterocycles. The van der Waals surface area contributed by atoms with Gasteiger partial charge in [0, 0.05) is 30.2 Å². The normalized spacial score (nSPS) is 11.8. The molecule has 4 rings (SSSR count). The van der Waals surface area contributed by atoms with Crippen LogP contribution in [-0.4, -0.2) is 38.5 Å². The van der Waals surface area contributed by atoms with E-state index in [1.807, 2.05) is 12.1 Å². The molecule has 0 radical (unpaired) electrons. The van der Waals surface area contributed by atoms with Crippen molar-refractivity contribution in [3.05, 3.63) is 82.3 Å². The van der Waals surface area contributed by atoms with Crippen LogP contribution in [0.15, 0.2) is 70.7 Å². The topological polar surface area (TPSA) is 174 Å². The predicted molar refractivity (Wildman–Crippen MR) is 143 cm³/mol. The average Bonchev–Trinajstić information content (AvgIpc) is 2.88. The molecule has 0 saturated heterocycles. The molecule has 0 bridgehead atoms. The first-order valence-corrected chi connectivity index (χ1v) is 11.7. The molecule has 1 amide bonds. The fourth-order valence-corrected chi connectivity index (χ4v) is 3.77. The number of pyridine rings is 1. The lowest BCUT2D eigenvalue weighted by Crippen LogP contribution is -2.24. The van der Waals surface area contributed by atoms with Crippen molar-refractivity contribution >= 4 is 40.2 Å². The standard InChI is InChI=1S/C26H23F3N8O3/c1-14(30)34-21(31)11-4-15-2-5-16(6-3-15)35-25-33-12-19-22(38)20(23(32)39)13-37(24(19)36-25)17-7-9-18(10-8-17)40-26(27,28)29/h2-3,5-10,12-13H,4,11H2,1H3,(H2,32,39)(H3,30,31,34)(H,33,35,36). The SMILES string of the molecule is C/C(N)=N/C(=N)CCc1ccc(Nc2ncc3c(=O)c(C(N)=O)cn(-c4ccc(OC(F)(F)F)cc4)c3n2)cc1. The summed E-state index contributed by atoms with van der Waals surface area (Å²) in [4.78, 5) is 37.3. The van der Waals surface area contributed by atoms with Crippen LogP contribution in [0, 0.1) is 5.41 Å². The number of hydrogen-bond donors (Lipinski definition) is 4. The Balaban J connectivity index is 1.64. The molecule has 40 heavy (non-hydrogen) atoms. The van der Waals surface area contributed by atoms with Gasteiger partial charge in [0.15, 0.2) is 5.65 Å². The van der Waals surface area contributed by atoms with Crippen LogP contribution in [0.3, 0.4) is 0 Å². The number of nitrogens with one attached hydrogen (secondary N) is 2. The number of halogens is 3. The van der Waals surface area contributed by atoms with Gasteiger partial charge in [-0.15, -0.1) is 13.2 Å². The maximum atomic E-state index is 12.9. The van der Waals surface area contributed by atoms with Crippen LogP contribution < -0.4 is 26.9 Å². The number of fused-ring (bicyclic) bond motifs is 1. The van der Waals surface area contributed by atoms with E-state index in [0.29, 0.717) is 24.4 Å². The average molecular weight is 553 g/mol. The molecule has 0 unspecified atom stereocenters. The van der Waals surface area contributed by atoms with E-state index < -0.39 is 23.4 Å². The molecule has 2 aromatic carbocycles. The monoisotopic (exact) mass is 552 g/mol. The summed E-state index contributed by atoms with van der Waals surface area (Å²) in [6.07, 6.45) is -1.45. The zero-order valence-electron chi connectivity index (χ0n) is 21.0. The van der Waals surface area contributed by atoms with Crippen LogP contribution in [0.2, 0.25) is 0 Å². The molecule has 6 N–H and O–H groups in total. The lowest BCUT2D eigenvalue weighted by molar-refractivity contribution is -0.274. The highest BCUT2D eigenvalue weighted by molar-refractivity contribution is 5.96. The highest BCUT2D eigenvalue weighted by Crippen LogP contribution is 2.25. The van der Waals surface area contributed by atoms with Crippen molar-refractivity contribution < 1.29 is 22.7 Å². The molecule has 0 aliphatic heterocycles. The molecular formula is C26H23F3N8O3. The van der Waals surface area contributed by atoms with E-state index in [9.17, 15) is 22.8 Å². The summed E-state index contributed by atoms with van der Waals surface area (Å²) in [6.45, 7) is 1.61. The zero-order chi connectivity index (χ0) is 29.0. The molecule has 14 heteroatoms. The van der Waals surface area contributed by atoms with E-state index in [-0.39, 0.29) is 34.1 Å². The van der Waals surface area contributed by atoms with Crippen LogP contribution in [-0.2, 0) is 6.42 Å². The van der Waals surface area contributed by atoms with Crippen LogP contribution in [0.25, 0.3) is 16.7 Å². The Kier molecular flexibility index (Phi) is 7.79. The van der Waals surface area contributed by atoms with Gasteiger partial charge in [-0.05, 0) is 55.3 Å². The van der Waals surface area contributed by atoms with Gasteiger partial charge in [0.05, 0.1) is 11.2 Å². The lowest BCUT2D eigenvalue weighted by Gasteiger charge is -2.14. The van der Waals surface area contributed by atoms with E-state index in [2.05, 4.69) is 25.0 Å². The lowest BCUT2D eigenvalue weighted by atomic mass is 10.1. The van der Waals surface area contributed by atoms with E-state index in [1.54, 1.807) is 19.1 Å².